The highest BCUT2D eigenvalue weighted by Crippen LogP contribution is 2.15. The van der Waals surface area contributed by atoms with Crippen molar-refractivity contribution in [3.8, 4) is 0 Å². The number of ether oxygens (including phenoxy) is 7. The molecule has 0 aliphatic heterocycles. The zero-order valence-electron chi connectivity index (χ0n) is 46.5. The molecule has 0 saturated carbocycles. The molecule has 1 unspecified atom stereocenters. The monoisotopic (exact) mass is 1030 g/mol. The van der Waals surface area contributed by atoms with Crippen LogP contribution in [0.3, 0.4) is 0 Å². The average molecular weight is 1030 g/mol. The lowest BCUT2D eigenvalue weighted by molar-refractivity contribution is -0.155. The molecule has 1 amide bonds. The van der Waals surface area contributed by atoms with Crippen LogP contribution in [0.2, 0.25) is 0 Å². The Morgan fingerprint density at radius 1 is 0.361 bits per heavy atom. The molecule has 0 fully saturated rings. The number of likely N-dealkylation sites (N-methyl/N-ethyl adjacent to an activating group) is 1. The number of unbranched alkanes of at least 4 members (excludes halogenated alkanes) is 21. The van der Waals surface area contributed by atoms with Gasteiger partial charge in [-0.3, -0.25) is 24.0 Å². The molecular formula is C56H104N2O14. The number of carbonyl (C=O) groups is 7. The van der Waals surface area contributed by atoms with E-state index in [9.17, 15) is 28.8 Å². The first kappa shape index (κ1) is 70.3. The van der Waals surface area contributed by atoms with Crippen molar-refractivity contribution in [1.29, 1.82) is 0 Å². The molecule has 1 atom stereocenters. The highest BCUT2D eigenvalue weighted by atomic mass is 16.6. The lowest BCUT2D eigenvalue weighted by atomic mass is 10.1. The van der Waals surface area contributed by atoms with E-state index in [4.69, 9.17) is 38.0 Å². The van der Waals surface area contributed by atoms with Gasteiger partial charge in [0.15, 0.2) is 0 Å². The fraction of sp³-hybridized carbons (Fsp3) is 0.875. The highest BCUT2D eigenvalue weighted by Gasteiger charge is 2.23. The molecule has 0 aliphatic rings. The van der Waals surface area contributed by atoms with Gasteiger partial charge in [-0.05, 0) is 39.8 Å². The fourth-order valence-corrected chi connectivity index (χ4v) is 7.57. The van der Waals surface area contributed by atoms with Gasteiger partial charge in [0.2, 0.25) is 0 Å². The summed E-state index contributed by atoms with van der Waals surface area (Å²) in [4.78, 5) is 88.5. The predicted octanol–water partition coefficient (Wildman–Crippen LogP) is 11.5. The van der Waals surface area contributed by atoms with Gasteiger partial charge in [-0.1, -0.05) is 163 Å². The van der Waals surface area contributed by atoms with Crippen molar-refractivity contribution in [3.05, 3.63) is 0 Å². The zero-order chi connectivity index (χ0) is 53.7. The first-order valence-corrected chi connectivity index (χ1v) is 28.2. The first-order chi connectivity index (χ1) is 34.9. The van der Waals surface area contributed by atoms with Crippen LogP contribution in [0, 0.1) is 11.8 Å². The summed E-state index contributed by atoms with van der Waals surface area (Å²) >= 11 is 0. The third-order valence-electron chi connectivity index (χ3n) is 12.1. The third kappa shape index (κ3) is 48.5. The van der Waals surface area contributed by atoms with E-state index in [1.165, 1.54) is 49.8 Å². The van der Waals surface area contributed by atoms with Crippen molar-refractivity contribution in [2.75, 3.05) is 86.6 Å². The van der Waals surface area contributed by atoms with E-state index in [1.807, 2.05) is 25.8 Å². The molecule has 0 aliphatic carbocycles. The van der Waals surface area contributed by atoms with E-state index in [1.54, 1.807) is 0 Å². The van der Waals surface area contributed by atoms with Gasteiger partial charge in [0.1, 0.15) is 26.6 Å². The predicted molar refractivity (Wildman–Crippen MR) is 282 cm³/mol. The zero-order valence-corrected chi connectivity index (χ0v) is 46.5. The van der Waals surface area contributed by atoms with Crippen molar-refractivity contribution in [1.82, 2.24) is 9.80 Å². The van der Waals surface area contributed by atoms with E-state index in [-0.39, 0.29) is 103 Å². The number of hydrogen-bond donors (Lipinski definition) is 0. The molecule has 0 saturated heterocycles. The summed E-state index contributed by atoms with van der Waals surface area (Å²) in [7, 11) is 3.71. The van der Waals surface area contributed by atoms with Crippen LogP contribution in [-0.4, -0.2) is 139 Å². The summed E-state index contributed by atoms with van der Waals surface area (Å²) in [6, 6.07) is 0. The number of rotatable bonds is 50. The number of nitrogens with zero attached hydrogens (tertiary/aromatic N) is 2. The van der Waals surface area contributed by atoms with Crippen LogP contribution in [0.15, 0.2) is 0 Å². The Labute approximate surface area is 436 Å². The Hall–Kier alpha value is -3.79. The Kier molecular flexibility index (Phi) is 52.2. The lowest BCUT2D eigenvalue weighted by Crippen LogP contribution is -2.39. The molecule has 16 nitrogen and oxygen atoms in total. The van der Waals surface area contributed by atoms with Gasteiger partial charge in [-0.2, -0.15) is 0 Å². The van der Waals surface area contributed by atoms with E-state index in [0.717, 1.165) is 116 Å². The van der Waals surface area contributed by atoms with Crippen molar-refractivity contribution in [2.45, 2.75) is 220 Å². The maximum absolute atomic E-state index is 13.2. The molecule has 0 rings (SSSR count). The smallest absolute Gasteiger partial charge is 0.410 e. The molecule has 0 heterocycles. The maximum Gasteiger partial charge on any atom is 0.410 e. The minimum Gasteiger partial charge on any atom is -0.465 e. The second-order valence-electron chi connectivity index (χ2n) is 19.3. The highest BCUT2D eigenvalue weighted by molar-refractivity contribution is 5.72. The molecule has 422 valence electrons. The van der Waals surface area contributed by atoms with Gasteiger partial charge in [-0.25, -0.2) is 4.79 Å². The molecule has 72 heavy (non-hydrogen) atoms. The second kappa shape index (κ2) is 53.5. The summed E-state index contributed by atoms with van der Waals surface area (Å²) in [5.41, 5.74) is 0. The minimum absolute atomic E-state index is 0.0253. The number of esters is 5. The van der Waals surface area contributed by atoms with Crippen LogP contribution in [0.1, 0.15) is 220 Å². The standard InChI is InChI=1S/C55H102N2O13.CH2O/c1-7-11-15-19-23-27-31-38-64-44-48(45-68-50(58)32-28-24-20-16-12-8-2)42-53(61)65-40-36-57(55(63)67-39-35-56(5)6)37-41-66-54(62)43-49(46-69-51(59)33-29-25-21-17-13-9-3)47-70-52(60)34-30-26-22-18-14-10-4;1-2/h48-49H,7-47H2,1-6H3;1H2. The van der Waals surface area contributed by atoms with Crippen LogP contribution in [0.25, 0.3) is 0 Å². The van der Waals surface area contributed by atoms with E-state index >= 15 is 0 Å². The molecule has 0 aromatic carbocycles. The summed E-state index contributed by atoms with van der Waals surface area (Å²) < 4.78 is 39.2. The quantitative estimate of drug-likeness (QED) is 0.0317. The molecule has 0 spiro atoms. The van der Waals surface area contributed by atoms with E-state index < -0.39 is 29.9 Å². The molecular weight excluding hydrogens is 925 g/mol. The van der Waals surface area contributed by atoms with Crippen LogP contribution >= 0.6 is 0 Å². The molecule has 0 aromatic heterocycles. The maximum atomic E-state index is 13.2. The Bertz CT molecular complexity index is 1290. The summed E-state index contributed by atoms with van der Waals surface area (Å²) in [5.74, 6) is -3.14. The van der Waals surface area contributed by atoms with Gasteiger partial charge in [0, 0.05) is 44.2 Å². The topological polar surface area (TPSA) is 191 Å². The number of hydrogen-bond acceptors (Lipinski definition) is 15. The normalized spacial score (nSPS) is 11.4. The molecule has 0 bridgehead atoms. The van der Waals surface area contributed by atoms with Gasteiger partial charge >= 0.3 is 35.9 Å². The van der Waals surface area contributed by atoms with Crippen LogP contribution < -0.4 is 0 Å². The Balaban J connectivity index is 0. The van der Waals surface area contributed by atoms with Gasteiger partial charge in [0.25, 0.3) is 0 Å². The summed E-state index contributed by atoms with van der Waals surface area (Å²) in [6.45, 7) is 11.6. The van der Waals surface area contributed by atoms with Crippen molar-refractivity contribution in [3.63, 3.8) is 0 Å². The van der Waals surface area contributed by atoms with Crippen molar-refractivity contribution < 1.29 is 66.7 Å². The van der Waals surface area contributed by atoms with Gasteiger partial charge < -0.3 is 47.8 Å². The van der Waals surface area contributed by atoms with Crippen LogP contribution in [0.4, 0.5) is 4.79 Å². The van der Waals surface area contributed by atoms with Crippen LogP contribution in [-0.2, 0) is 61.9 Å². The number of amides is 1. The Morgan fingerprint density at radius 2 is 0.681 bits per heavy atom. The van der Waals surface area contributed by atoms with Gasteiger partial charge in [0.05, 0.1) is 52.4 Å². The first-order valence-electron chi connectivity index (χ1n) is 28.2. The second-order valence-corrected chi connectivity index (χ2v) is 19.3. The molecule has 0 N–H and O–H groups in total. The average Bonchev–Trinajstić information content (AvgIpc) is 3.36. The van der Waals surface area contributed by atoms with Crippen LogP contribution in [0.5, 0.6) is 0 Å². The molecule has 0 radical (unpaired) electrons. The molecule has 16 heteroatoms. The minimum atomic E-state index is -0.657. The number of carbonyl (C=O) groups excluding carboxylic acids is 7. The summed E-state index contributed by atoms with van der Waals surface area (Å²) in [5, 5.41) is 0. The summed E-state index contributed by atoms with van der Waals surface area (Å²) in [6.07, 6.45) is 26.8. The van der Waals surface area contributed by atoms with Crippen molar-refractivity contribution >= 4 is 42.7 Å². The molecule has 0 aromatic rings. The van der Waals surface area contributed by atoms with Crippen molar-refractivity contribution in [2.24, 2.45) is 11.8 Å². The third-order valence-corrected chi connectivity index (χ3v) is 12.1. The fourth-order valence-electron chi connectivity index (χ4n) is 7.57. The van der Waals surface area contributed by atoms with E-state index in [2.05, 4.69) is 27.7 Å². The van der Waals surface area contributed by atoms with Gasteiger partial charge in [-0.15, -0.1) is 0 Å². The largest absolute Gasteiger partial charge is 0.465 e. The van der Waals surface area contributed by atoms with E-state index in [0.29, 0.717) is 19.6 Å². The Morgan fingerprint density at radius 3 is 1.04 bits per heavy atom. The SMILES string of the molecule is C=O.CCCCCCCCCOCC(COC(=O)CCCCCCCC)CC(=O)OCCN(CCOC(=O)CC(COC(=O)CCCCCCCC)COC(=O)CCCCCCCC)C(=O)OCCN(C)C. The lowest BCUT2D eigenvalue weighted by Gasteiger charge is -2.23.